The highest BCUT2D eigenvalue weighted by atomic mass is 16.5. The van der Waals surface area contributed by atoms with Gasteiger partial charge in [0.05, 0.1) is 12.8 Å². The Morgan fingerprint density at radius 3 is 1.92 bits per heavy atom. The van der Waals surface area contributed by atoms with Crippen LogP contribution in [-0.4, -0.2) is 12.1 Å². The molecule has 0 fully saturated rings. The fourth-order valence-corrected chi connectivity index (χ4v) is 2.74. The predicted molar refractivity (Wildman–Crippen MR) is 107 cm³/mol. The van der Waals surface area contributed by atoms with Crippen LogP contribution >= 0.6 is 0 Å². The van der Waals surface area contributed by atoms with Gasteiger partial charge in [-0.2, -0.15) is 5.26 Å². The molecular weight excluding hydrogens is 320 g/mol. The molecule has 0 saturated carbocycles. The normalized spacial score (nSPS) is 10.0. The molecule has 0 aliphatic heterocycles. The summed E-state index contributed by atoms with van der Waals surface area (Å²) in [6.07, 6.45) is 3.58. The first kappa shape index (κ1) is 17.2. The van der Waals surface area contributed by atoms with Gasteiger partial charge >= 0.3 is 0 Å². The smallest absolute Gasteiger partial charge is 0.232 e. The van der Waals surface area contributed by atoms with Crippen molar-refractivity contribution < 1.29 is 4.74 Å². The number of pyridine rings is 1. The van der Waals surface area contributed by atoms with Crippen LogP contribution in [0.5, 0.6) is 5.88 Å². The largest absolute Gasteiger partial charge is 0.480 e. The third-order valence-electron chi connectivity index (χ3n) is 4.19. The lowest BCUT2D eigenvalue weighted by Gasteiger charge is -2.12. The highest BCUT2D eigenvalue weighted by Gasteiger charge is 2.15. The molecule has 0 amide bonds. The zero-order valence-electron chi connectivity index (χ0n) is 14.6. The molecule has 0 N–H and O–H groups in total. The number of hydrogen-bond acceptors (Lipinski definition) is 3. The van der Waals surface area contributed by atoms with Crippen LogP contribution in [0.1, 0.15) is 16.7 Å². The first-order chi connectivity index (χ1) is 12.7. The summed E-state index contributed by atoms with van der Waals surface area (Å²) < 4.78 is 5.38. The van der Waals surface area contributed by atoms with Gasteiger partial charge in [0.2, 0.25) is 5.88 Å². The van der Waals surface area contributed by atoms with Crippen molar-refractivity contribution in [2.75, 3.05) is 7.11 Å². The van der Waals surface area contributed by atoms with E-state index in [9.17, 15) is 5.26 Å². The lowest BCUT2D eigenvalue weighted by Crippen LogP contribution is -1.97. The van der Waals surface area contributed by atoms with Crippen LogP contribution in [0.2, 0.25) is 0 Å². The Morgan fingerprint density at radius 2 is 1.46 bits per heavy atom. The molecule has 0 radical (unpaired) electrons. The molecule has 2 aromatic carbocycles. The van der Waals surface area contributed by atoms with Crippen LogP contribution in [-0.2, 0) is 0 Å². The molecule has 3 aromatic rings. The second-order valence-electron chi connectivity index (χ2n) is 5.70. The van der Waals surface area contributed by atoms with Gasteiger partial charge in [0.1, 0.15) is 11.6 Å². The minimum atomic E-state index is 0.320. The average molecular weight is 338 g/mol. The molecule has 3 rings (SSSR count). The zero-order valence-corrected chi connectivity index (χ0v) is 14.6. The molecule has 1 aromatic heterocycles. The Morgan fingerprint density at radius 1 is 0.923 bits per heavy atom. The van der Waals surface area contributed by atoms with Gasteiger partial charge in [-0.15, -0.1) is 0 Å². The van der Waals surface area contributed by atoms with Gasteiger partial charge in [-0.05, 0) is 22.8 Å². The third kappa shape index (κ3) is 3.26. The fourth-order valence-electron chi connectivity index (χ4n) is 2.74. The van der Waals surface area contributed by atoms with Crippen molar-refractivity contribution in [3.05, 3.63) is 84.4 Å². The van der Waals surface area contributed by atoms with Crippen molar-refractivity contribution >= 4 is 12.2 Å². The van der Waals surface area contributed by atoms with E-state index in [1.807, 2.05) is 54.6 Å². The first-order valence-corrected chi connectivity index (χ1v) is 8.15. The monoisotopic (exact) mass is 338 g/mol. The summed E-state index contributed by atoms with van der Waals surface area (Å²) in [6.45, 7) is 7.55. The molecule has 0 saturated heterocycles. The second-order valence-corrected chi connectivity index (χ2v) is 5.70. The highest BCUT2D eigenvalue weighted by molar-refractivity contribution is 5.78. The quantitative estimate of drug-likeness (QED) is 0.610. The van der Waals surface area contributed by atoms with Crippen LogP contribution in [0.3, 0.4) is 0 Å². The summed E-state index contributed by atoms with van der Waals surface area (Å²) in [5.74, 6) is 0.320. The van der Waals surface area contributed by atoms with Crippen molar-refractivity contribution in [1.82, 2.24) is 4.98 Å². The van der Waals surface area contributed by atoms with Crippen LogP contribution in [0.15, 0.2) is 67.8 Å². The molecule has 0 aliphatic carbocycles. The molecule has 1 heterocycles. The van der Waals surface area contributed by atoms with Gasteiger partial charge in [0.25, 0.3) is 0 Å². The molecule has 3 nitrogen and oxygen atoms in total. The fraction of sp³-hybridized carbons (Fsp3) is 0.0435. The van der Waals surface area contributed by atoms with Gasteiger partial charge in [-0.25, -0.2) is 4.98 Å². The number of aromatic nitrogens is 1. The molecule has 0 bridgehead atoms. The Bertz CT molecular complexity index is 994. The Kier molecular flexibility index (Phi) is 4.96. The average Bonchev–Trinajstić information content (AvgIpc) is 2.72. The Hall–Kier alpha value is -3.64. The number of nitrogens with zero attached hydrogens (tertiary/aromatic N) is 2. The molecule has 3 heteroatoms. The maximum atomic E-state index is 9.62. The molecule has 0 unspecified atom stereocenters. The van der Waals surface area contributed by atoms with Crippen molar-refractivity contribution in [2.24, 2.45) is 0 Å². The summed E-state index contributed by atoms with van der Waals surface area (Å²) in [5, 5.41) is 9.62. The lowest BCUT2D eigenvalue weighted by atomic mass is 9.97. The molecule has 0 aliphatic rings. The summed E-state index contributed by atoms with van der Waals surface area (Å²) >= 11 is 0. The van der Waals surface area contributed by atoms with Gasteiger partial charge in [0, 0.05) is 11.1 Å². The van der Waals surface area contributed by atoms with Crippen LogP contribution in [0, 0.1) is 11.3 Å². The summed E-state index contributed by atoms with van der Waals surface area (Å²) in [4.78, 5) is 4.52. The highest BCUT2D eigenvalue weighted by Crippen LogP contribution is 2.33. The molecular formula is C23H18N2O. The van der Waals surface area contributed by atoms with E-state index in [2.05, 4.69) is 24.2 Å². The van der Waals surface area contributed by atoms with E-state index < -0.39 is 0 Å². The minimum Gasteiger partial charge on any atom is -0.480 e. The molecule has 0 atom stereocenters. The zero-order chi connectivity index (χ0) is 18.5. The van der Waals surface area contributed by atoms with Gasteiger partial charge in [0.15, 0.2) is 0 Å². The topological polar surface area (TPSA) is 45.9 Å². The van der Waals surface area contributed by atoms with E-state index in [1.165, 1.54) is 7.11 Å². The Labute approximate surface area is 153 Å². The number of nitriles is 1. The first-order valence-electron chi connectivity index (χ1n) is 8.15. The number of ether oxygens (including phenoxy) is 1. The van der Waals surface area contributed by atoms with E-state index in [-0.39, 0.29) is 0 Å². The summed E-state index contributed by atoms with van der Waals surface area (Å²) in [6, 6.07) is 19.9. The minimum absolute atomic E-state index is 0.320. The van der Waals surface area contributed by atoms with E-state index in [4.69, 9.17) is 4.74 Å². The maximum absolute atomic E-state index is 9.62. The molecule has 0 spiro atoms. The lowest BCUT2D eigenvalue weighted by molar-refractivity contribution is 0.397. The number of rotatable bonds is 5. The summed E-state index contributed by atoms with van der Waals surface area (Å²) in [5.41, 5.74) is 5.89. The van der Waals surface area contributed by atoms with Crippen molar-refractivity contribution in [3.8, 4) is 34.3 Å². The van der Waals surface area contributed by atoms with Gasteiger partial charge in [-0.3, -0.25) is 0 Å². The van der Waals surface area contributed by atoms with E-state index in [0.29, 0.717) is 11.4 Å². The van der Waals surface area contributed by atoms with Crippen molar-refractivity contribution in [3.63, 3.8) is 0 Å². The van der Waals surface area contributed by atoms with E-state index in [0.717, 1.165) is 33.5 Å². The van der Waals surface area contributed by atoms with Crippen LogP contribution in [0.25, 0.3) is 34.5 Å². The Balaban J connectivity index is 2.19. The number of hydrogen-bond donors (Lipinski definition) is 0. The third-order valence-corrected chi connectivity index (χ3v) is 4.19. The van der Waals surface area contributed by atoms with Crippen molar-refractivity contribution in [1.29, 1.82) is 5.26 Å². The molecule has 126 valence electrons. The van der Waals surface area contributed by atoms with Gasteiger partial charge in [-0.1, -0.05) is 73.8 Å². The molecule has 26 heavy (non-hydrogen) atoms. The SMILES string of the molecule is C=Cc1ccc(-c2cc(-c3ccc(C=C)cc3)c(C#N)c(OC)n2)cc1. The standard InChI is InChI=1S/C23H18N2O/c1-4-16-6-10-18(11-7-16)20-14-22(25-23(26-3)21(20)15-24)19-12-8-17(5-2)9-13-19/h4-14H,1-2H2,3H3. The summed E-state index contributed by atoms with van der Waals surface area (Å²) in [7, 11) is 1.53. The van der Waals surface area contributed by atoms with E-state index in [1.54, 1.807) is 12.2 Å². The van der Waals surface area contributed by atoms with Crippen molar-refractivity contribution in [2.45, 2.75) is 0 Å². The van der Waals surface area contributed by atoms with Gasteiger partial charge < -0.3 is 4.74 Å². The van der Waals surface area contributed by atoms with Crippen LogP contribution < -0.4 is 4.74 Å². The number of methoxy groups -OCH3 is 1. The van der Waals surface area contributed by atoms with Crippen LogP contribution in [0.4, 0.5) is 0 Å². The van der Waals surface area contributed by atoms with E-state index >= 15 is 0 Å². The predicted octanol–water partition coefficient (Wildman–Crippen LogP) is 5.58. The number of benzene rings is 2. The maximum Gasteiger partial charge on any atom is 0.232 e. The second kappa shape index (κ2) is 7.50.